The van der Waals surface area contributed by atoms with Crippen LogP contribution >= 0.6 is 0 Å². The molecule has 0 amide bonds. The fraction of sp³-hybridized carbons (Fsp3) is 0.571. The molecule has 0 saturated carbocycles. The third-order valence-corrected chi connectivity index (χ3v) is 5.13. The molecule has 0 aliphatic carbocycles. The minimum Gasteiger partial charge on any atom is -0.497 e. The first-order chi connectivity index (χ1) is 9.98. The Balaban J connectivity index is 1.71. The number of benzene rings is 1. The largest absolute Gasteiger partial charge is 0.497 e. The van der Waals surface area contributed by atoms with E-state index in [2.05, 4.69) is 5.32 Å². The molecule has 1 aliphatic heterocycles. The van der Waals surface area contributed by atoms with Gasteiger partial charge in [-0.05, 0) is 18.6 Å². The van der Waals surface area contributed by atoms with E-state index < -0.39 is 15.9 Å². The number of sulfone groups is 1. The number of ether oxygens (including phenoxy) is 2. The predicted octanol–water partition coefficient (Wildman–Crippen LogP) is 0.212. The van der Waals surface area contributed by atoms with Crippen LogP contribution in [0, 0.1) is 0 Å². The molecule has 1 heterocycles. The molecule has 0 radical (unpaired) electrons. The number of methoxy groups -OCH3 is 1. The minimum atomic E-state index is -2.90. The van der Waals surface area contributed by atoms with Gasteiger partial charge < -0.3 is 19.9 Å². The second-order valence-electron chi connectivity index (χ2n) is 5.15. The van der Waals surface area contributed by atoms with Gasteiger partial charge in [0.2, 0.25) is 0 Å². The van der Waals surface area contributed by atoms with E-state index in [-0.39, 0.29) is 24.2 Å². The van der Waals surface area contributed by atoms with Crippen molar-refractivity contribution in [3.8, 4) is 11.5 Å². The van der Waals surface area contributed by atoms with Crippen LogP contribution in [0.1, 0.15) is 6.42 Å². The van der Waals surface area contributed by atoms with Gasteiger partial charge in [-0.1, -0.05) is 6.07 Å². The van der Waals surface area contributed by atoms with Crippen LogP contribution in [-0.2, 0) is 9.84 Å². The maximum atomic E-state index is 11.3. The van der Waals surface area contributed by atoms with Crippen molar-refractivity contribution in [2.45, 2.75) is 18.6 Å². The van der Waals surface area contributed by atoms with Gasteiger partial charge in [0.25, 0.3) is 0 Å². The Kier molecular flexibility index (Phi) is 5.44. The van der Waals surface area contributed by atoms with E-state index in [4.69, 9.17) is 9.47 Å². The highest BCUT2D eigenvalue weighted by atomic mass is 32.2. The Labute approximate surface area is 125 Å². The summed E-state index contributed by atoms with van der Waals surface area (Å²) >= 11 is 0. The smallest absolute Gasteiger partial charge is 0.151 e. The molecule has 21 heavy (non-hydrogen) atoms. The number of hydrogen-bond donors (Lipinski definition) is 2. The summed E-state index contributed by atoms with van der Waals surface area (Å²) in [5.41, 5.74) is 0. The molecule has 2 unspecified atom stereocenters. The summed E-state index contributed by atoms with van der Waals surface area (Å²) in [4.78, 5) is 0. The number of hydrogen-bond acceptors (Lipinski definition) is 6. The molecule has 7 heteroatoms. The van der Waals surface area contributed by atoms with Gasteiger partial charge in [0.05, 0.1) is 18.6 Å². The molecule has 1 aliphatic rings. The van der Waals surface area contributed by atoms with Crippen molar-refractivity contribution < 1.29 is 23.0 Å². The average molecular weight is 315 g/mol. The predicted molar refractivity (Wildman–Crippen MR) is 79.6 cm³/mol. The molecule has 2 rings (SSSR count). The topological polar surface area (TPSA) is 84.9 Å². The number of nitrogens with one attached hydrogen (secondary N) is 1. The molecule has 0 spiro atoms. The van der Waals surface area contributed by atoms with Crippen molar-refractivity contribution in [1.29, 1.82) is 0 Å². The Bertz CT molecular complexity index is 560. The van der Waals surface area contributed by atoms with Gasteiger partial charge in [0, 0.05) is 18.7 Å². The second-order valence-corrected chi connectivity index (χ2v) is 7.38. The van der Waals surface area contributed by atoms with E-state index in [0.717, 1.165) is 0 Å². The van der Waals surface area contributed by atoms with Crippen LogP contribution < -0.4 is 14.8 Å². The van der Waals surface area contributed by atoms with E-state index in [9.17, 15) is 13.5 Å². The summed E-state index contributed by atoms with van der Waals surface area (Å²) < 4.78 is 33.2. The number of aliphatic hydroxyl groups is 1. The molecule has 118 valence electrons. The Morgan fingerprint density at radius 1 is 1.43 bits per heavy atom. The third kappa shape index (κ3) is 5.18. The van der Waals surface area contributed by atoms with Gasteiger partial charge in [0.1, 0.15) is 24.2 Å². The van der Waals surface area contributed by atoms with Gasteiger partial charge in [-0.2, -0.15) is 0 Å². The van der Waals surface area contributed by atoms with Crippen molar-refractivity contribution in [3.05, 3.63) is 24.3 Å². The zero-order valence-electron chi connectivity index (χ0n) is 12.0. The highest BCUT2D eigenvalue weighted by Gasteiger charge is 2.27. The molecule has 1 aromatic rings. The highest BCUT2D eigenvalue weighted by Crippen LogP contribution is 2.18. The lowest BCUT2D eigenvalue weighted by atomic mass is 10.2. The van der Waals surface area contributed by atoms with Gasteiger partial charge >= 0.3 is 0 Å². The second kappa shape index (κ2) is 7.11. The lowest BCUT2D eigenvalue weighted by Crippen LogP contribution is -2.38. The van der Waals surface area contributed by atoms with Crippen molar-refractivity contribution in [3.63, 3.8) is 0 Å². The van der Waals surface area contributed by atoms with E-state index in [1.54, 1.807) is 19.2 Å². The van der Waals surface area contributed by atoms with Gasteiger partial charge in [-0.25, -0.2) is 8.42 Å². The Morgan fingerprint density at radius 2 is 2.19 bits per heavy atom. The molecule has 1 fully saturated rings. The van der Waals surface area contributed by atoms with Crippen LogP contribution in [0.3, 0.4) is 0 Å². The summed E-state index contributed by atoms with van der Waals surface area (Å²) in [5, 5.41) is 12.9. The average Bonchev–Trinajstić information content (AvgIpc) is 2.82. The first-order valence-electron chi connectivity index (χ1n) is 6.87. The molecule has 1 aromatic carbocycles. The zero-order valence-corrected chi connectivity index (χ0v) is 12.8. The third-order valence-electron chi connectivity index (χ3n) is 3.36. The fourth-order valence-corrected chi connectivity index (χ4v) is 3.91. The summed E-state index contributed by atoms with van der Waals surface area (Å²) in [6.07, 6.45) is -0.0919. The number of aliphatic hydroxyl groups excluding tert-OH is 1. The van der Waals surface area contributed by atoms with Gasteiger partial charge in [-0.3, -0.25) is 0 Å². The first-order valence-corrected chi connectivity index (χ1v) is 8.69. The number of rotatable bonds is 7. The standard InChI is InChI=1S/C14H21NO5S/c1-19-13-3-2-4-14(7-13)20-9-12(16)8-15-11-5-6-21(17,18)10-11/h2-4,7,11-12,15-16H,5-6,8-10H2,1H3. The quantitative estimate of drug-likeness (QED) is 0.748. The van der Waals surface area contributed by atoms with Crippen molar-refractivity contribution in [2.75, 3.05) is 31.8 Å². The van der Waals surface area contributed by atoms with Crippen LogP contribution in [-0.4, -0.2) is 57.4 Å². The summed E-state index contributed by atoms with van der Waals surface area (Å²) in [5.74, 6) is 1.69. The van der Waals surface area contributed by atoms with Crippen LogP contribution in [0.4, 0.5) is 0 Å². The van der Waals surface area contributed by atoms with Crippen LogP contribution in [0.15, 0.2) is 24.3 Å². The summed E-state index contributed by atoms with van der Waals surface area (Å²) in [6, 6.07) is 7.07. The molecule has 2 N–H and O–H groups in total. The SMILES string of the molecule is COc1cccc(OCC(O)CNC2CCS(=O)(=O)C2)c1. The summed E-state index contributed by atoms with van der Waals surface area (Å²) in [6.45, 7) is 0.448. The van der Waals surface area contributed by atoms with Crippen LogP contribution in [0.5, 0.6) is 11.5 Å². The molecular formula is C14H21NO5S. The van der Waals surface area contributed by atoms with E-state index in [1.165, 1.54) is 0 Å². The van der Waals surface area contributed by atoms with E-state index in [0.29, 0.717) is 24.5 Å². The van der Waals surface area contributed by atoms with Gasteiger partial charge in [0.15, 0.2) is 9.84 Å². The molecule has 2 atom stereocenters. The molecule has 0 aromatic heterocycles. The zero-order chi connectivity index (χ0) is 15.3. The summed E-state index contributed by atoms with van der Waals surface area (Å²) in [7, 11) is -1.32. The van der Waals surface area contributed by atoms with Crippen molar-refractivity contribution in [2.24, 2.45) is 0 Å². The maximum Gasteiger partial charge on any atom is 0.151 e. The first kappa shape index (κ1) is 16.1. The Hall–Kier alpha value is -1.31. The normalized spacial score (nSPS) is 21.9. The van der Waals surface area contributed by atoms with Crippen molar-refractivity contribution >= 4 is 9.84 Å². The molecular weight excluding hydrogens is 294 g/mol. The molecule has 6 nitrogen and oxygen atoms in total. The lowest BCUT2D eigenvalue weighted by Gasteiger charge is -2.16. The van der Waals surface area contributed by atoms with Crippen molar-refractivity contribution in [1.82, 2.24) is 5.32 Å². The fourth-order valence-electron chi connectivity index (χ4n) is 2.20. The van der Waals surface area contributed by atoms with Crippen LogP contribution in [0.25, 0.3) is 0 Å². The molecule has 0 bridgehead atoms. The highest BCUT2D eigenvalue weighted by molar-refractivity contribution is 7.91. The molecule has 1 saturated heterocycles. The van der Waals surface area contributed by atoms with E-state index >= 15 is 0 Å². The maximum absolute atomic E-state index is 11.3. The minimum absolute atomic E-state index is 0.0681. The van der Waals surface area contributed by atoms with Crippen LogP contribution in [0.2, 0.25) is 0 Å². The van der Waals surface area contributed by atoms with Gasteiger partial charge in [-0.15, -0.1) is 0 Å². The lowest BCUT2D eigenvalue weighted by molar-refractivity contribution is 0.104. The Morgan fingerprint density at radius 3 is 2.86 bits per heavy atom. The van der Waals surface area contributed by atoms with E-state index in [1.807, 2.05) is 12.1 Å². The monoisotopic (exact) mass is 315 g/mol.